The van der Waals surface area contributed by atoms with Crippen molar-refractivity contribution < 1.29 is 0 Å². The molecule has 3 heterocycles. The standard InChI is InChI=1S/C28H21N3S/c1-17(2)30-24-8-4-5-9-25(24)31-23-13-11-19(16-22(23)29-28(30)31)18-12-14-27-21(15-18)20-7-3-6-10-26(20)32-27/h3-17H,1-2H3. The lowest BCUT2D eigenvalue weighted by atomic mass is 10.0. The summed E-state index contributed by atoms with van der Waals surface area (Å²) in [5, 5.41) is 2.66. The molecule has 0 radical (unpaired) electrons. The number of fused-ring (bicyclic) bond motifs is 8. The van der Waals surface area contributed by atoms with E-state index in [0.29, 0.717) is 6.04 Å². The van der Waals surface area contributed by atoms with Crippen LogP contribution in [-0.4, -0.2) is 14.0 Å². The van der Waals surface area contributed by atoms with Crippen molar-refractivity contribution in [2.75, 3.05) is 0 Å². The Morgan fingerprint density at radius 2 is 1.41 bits per heavy atom. The van der Waals surface area contributed by atoms with Gasteiger partial charge in [0.2, 0.25) is 5.78 Å². The van der Waals surface area contributed by atoms with Crippen LogP contribution in [0.5, 0.6) is 0 Å². The molecule has 7 aromatic rings. The predicted octanol–water partition coefficient (Wildman–Crippen LogP) is 8.06. The average molecular weight is 432 g/mol. The summed E-state index contributed by atoms with van der Waals surface area (Å²) >= 11 is 1.86. The molecule has 0 N–H and O–H groups in total. The van der Waals surface area contributed by atoms with E-state index in [2.05, 4.69) is 108 Å². The first-order chi connectivity index (χ1) is 15.7. The Morgan fingerprint density at radius 1 is 0.688 bits per heavy atom. The fraction of sp³-hybridized carbons (Fsp3) is 0.107. The molecule has 0 atom stereocenters. The predicted molar refractivity (Wildman–Crippen MR) is 137 cm³/mol. The van der Waals surface area contributed by atoms with Gasteiger partial charge in [-0.1, -0.05) is 42.5 Å². The van der Waals surface area contributed by atoms with E-state index in [9.17, 15) is 0 Å². The zero-order valence-corrected chi connectivity index (χ0v) is 18.7. The second-order valence-electron chi connectivity index (χ2n) is 8.71. The summed E-state index contributed by atoms with van der Waals surface area (Å²) in [6.45, 7) is 4.44. The number of para-hydroxylation sites is 2. The van der Waals surface area contributed by atoms with Gasteiger partial charge >= 0.3 is 0 Å². The van der Waals surface area contributed by atoms with Crippen molar-refractivity contribution in [3.63, 3.8) is 0 Å². The van der Waals surface area contributed by atoms with Crippen LogP contribution >= 0.6 is 11.3 Å². The molecule has 3 nitrogen and oxygen atoms in total. The minimum Gasteiger partial charge on any atom is -0.307 e. The highest BCUT2D eigenvalue weighted by Crippen LogP contribution is 2.37. The Bertz CT molecular complexity index is 1810. The number of hydrogen-bond donors (Lipinski definition) is 0. The summed E-state index contributed by atoms with van der Waals surface area (Å²) in [5.41, 5.74) is 7.06. The number of thiophene rings is 1. The lowest BCUT2D eigenvalue weighted by molar-refractivity contribution is 0.633. The molecule has 0 aliphatic rings. The second kappa shape index (κ2) is 6.44. The normalized spacial score (nSPS) is 12.3. The highest BCUT2D eigenvalue weighted by Gasteiger charge is 2.17. The molecule has 7 rings (SSSR count). The molecule has 0 saturated heterocycles. The van der Waals surface area contributed by atoms with Crippen LogP contribution in [0.25, 0.3) is 59.1 Å². The number of nitrogens with zero attached hydrogens (tertiary/aromatic N) is 3. The van der Waals surface area contributed by atoms with Gasteiger partial charge in [0.25, 0.3) is 0 Å². The van der Waals surface area contributed by atoms with Gasteiger partial charge in [-0.3, -0.25) is 4.40 Å². The van der Waals surface area contributed by atoms with Crippen molar-refractivity contribution in [2.24, 2.45) is 0 Å². The van der Waals surface area contributed by atoms with Crippen LogP contribution in [0, 0.1) is 0 Å². The van der Waals surface area contributed by atoms with Crippen molar-refractivity contribution in [3.05, 3.63) is 84.9 Å². The van der Waals surface area contributed by atoms with Crippen LogP contribution in [0.1, 0.15) is 19.9 Å². The lowest BCUT2D eigenvalue weighted by Crippen LogP contribution is -2.00. The van der Waals surface area contributed by atoms with Crippen molar-refractivity contribution in [1.82, 2.24) is 14.0 Å². The maximum atomic E-state index is 5.09. The third-order valence-electron chi connectivity index (χ3n) is 6.46. The smallest absolute Gasteiger partial charge is 0.216 e. The highest BCUT2D eigenvalue weighted by molar-refractivity contribution is 7.25. The first kappa shape index (κ1) is 18.0. The Balaban J connectivity index is 1.47. The summed E-state index contributed by atoms with van der Waals surface area (Å²) in [4.78, 5) is 5.09. The summed E-state index contributed by atoms with van der Waals surface area (Å²) in [5.74, 6) is 1.01. The van der Waals surface area contributed by atoms with Gasteiger partial charge in [-0.25, -0.2) is 4.98 Å². The fourth-order valence-electron chi connectivity index (χ4n) is 5.03. The van der Waals surface area contributed by atoms with E-state index in [1.54, 1.807) is 0 Å². The van der Waals surface area contributed by atoms with E-state index in [-0.39, 0.29) is 0 Å². The molecule has 0 spiro atoms. The van der Waals surface area contributed by atoms with Crippen LogP contribution < -0.4 is 0 Å². The van der Waals surface area contributed by atoms with Gasteiger partial charge in [-0.05, 0) is 67.4 Å². The maximum Gasteiger partial charge on any atom is 0.216 e. The van der Waals surface area contributed by atoms with Crippen LogP contribution in [0.15, 0.2) is 84.9 Å². The molecular weight excluding hydrogens is 410 g/mol. The molecule has 0 fully saturated rings. The molecule has 3 aromatic heterocycles. The largest absolute Gasteiger partial charge is 0.307 e. The summed E-state index contributed by atoms with van der Waals surface area (Å²) < 4.78 is 7.30. The van der Waals surface area contributed by atoms with Gasteiger partial charge in [0.1, 0.15) is 0 Å². The Morgan fingerprint density at radius 3 is 2.28 bits per heavy atom. The monoisotopic (exact) mass is 431 g/mol. The number of hydrogen-bond acceptors (Lipinski definition) is 2. The van der Waals surface area contributed by atoms with Gasteiger partial charge in [0, 0.05) is 26.2 Å². The van der Waals surface area contributed by atoms with E-state index in [1.165, 1.54) is 42.3 Å². The minimum atomic E-state index is 0.336. The Kier molecular flexibility index (Phi) is 3.62. The number of imidazole rings is 2. The number of benzene rings is 4. The Labute approximate surface area is 189 Å². The van der Waals surface area contributed by atoms with Crippen molar-refractivity contribution in [1.29, 1.82) is 0 Å². The number of rotatable bonds is 2. The zero-order valence-electron chi connectivity index (χ0n) is 17.9. The molecule has 32 heavy (non-hydrogen) atoms. The van der Waals surface area contributed by atoms with Gasteiger partial charge in [0.15, 0.2) is 0 Å². The molecule has 0 unspecified atom stereocenters. The van der Waals surface area contributed by atoms with Crippen LogP contribution in [0.4, 0.5) is 0 Å². The van der Waals surface area contributed by atoms with Crippen LogP contribution in [0.2, 0.25) is 0 Å². The number of aromatic nitrogens is 3. The van der Waals surface area contributed by atoms with E-state index in [0.717, 1.165) is 16.8 Å². The topological polar surface area (TPSA) is 22.2 Å². The SMILES string of the molecule is CC(C)n1c2ccccc2n2c3ccc(-c4ccc5sc6ccccc6c5c4)cc3nc12. The van der Waals surface area contributed by atoms with E-state index in [1.807, 2.05) is 11.3 Å². The van der Waals surface area contributed by atoms with Crippen molar-refractivity contribution in [3.8, 4) is 11.1 Å². The van der Waals surface area contributed by atoms with Crippen molar-refractivity contribution in [2.45, 2.75) is 19.9 Å². The van der Waals surface area contributed by atoms with Crippen LogP contribution in [0.3, 0.4) is 0 Å². The average Bonchev–Trinajstić information content (AvgIpc) is 3.46. The van der Waals surface area contributed by atoms with Gasteiger partial charge in [-0.15, -0.1) is 11.3 Å². The Hall–Kier alpha value is -3.63. The third-order valence-corrected chi connectivity index (χ3v) is 7.61. The summed E-state index contributed by atoms with van der Waals surface area (Å²) in [6.07, 6.45) is 0. The maximum absolute atomic E-state index is 5.09. The fourth-order valence-corrected chi connectivity index (χ4v) is 6.11. The molecule has 154 valence electrons. The molecule has 4 heteroatoms. The molecule has 0 bridgehead atoms. The molecule has 0 amide bonds. The van der Waals surface area contributed by atoms with E-state index < -0.39 is 0 Å². The quantitative estimate of drug-likeness (QED) is 0.271. The first-order valence-electron chi connectivity index (χ1n) is 11.0. The molecular formula is C28H21N3S. The highest BCUT2D eigenvalue weighted by atomic mass is 32.1. The van der Waals surface area contributed by atoms with Gasteiger partial charge < -0.3 is 4.57 Å². The molecule has 4 aromatic carbocycles. The molecule has 0 saturated carbocycles. The zero-order chi connectivity index (χ0) is 21.4. The van der Waals surface area contributed by atoms with Crippen molar-refractivity contribution >= 4 is 59.4 Å². The summed E-state index contributed by atoms with van der Waals surface area (Å²) in [6, 6.07) is 31.1. The van der Waals surface area contributed by atoms with Crippen LogP contribution in [-0.2, 0) is 0 Å². The summed E-state index contributed by atoms with van der Waals surface area (Å²) in [7, 11) is 0. The van der Waals surface area contributed by atoms with Gasteiger partial charge in [0.05, 0.1) is 22.1 Å². The minimum absolute atomic E-state index is 0.336. The molecule has 0 aliphatic carbocycles. The van der Waals surface area contributed by atoms with Gasteiger partial charge in [-0.2, -0.15) is 0 Å². The first-order valence-corrected chi connectivity index (χ1v) is 11.8. The third kappa shape index (κ3) is 2.38. The molecule has 0 aliphatic heterocycles. The second-order valence-corrected chi connectivity index (χ2v) is 9.80. The van der Waals surface area contributed by atoms with E-state index >= 15 is 0 Å². The lowest BCUT2D eigenvalue weighted by Gasteiger charge is -2.08. The van der Waals surface area contributed by atoms with E-state index in [4.69, 9.17) is 4.98 Å².